The zero-order valence-electron chi connectivity index (χ0n) is 9.40. The van der Waals surface area contributed by atoms with Crippen LogP contribution in [0, 0.1) is 0 Å². The number of fused-ring (bicyclic) bond motifs is 1. The molecule has 0 aliphatic heterocycles. The maximum Gasteiger partial charge on any atom is 0.133 e. The molecular formula is C14H13NO. The maximum atomic E-state index is 10.9. The van der Waals surface area contributed by atoms with Crippen molar-refractivity contribution in [2.45, 2.75) is 0 Å². The average molecular weight is 211 g/mol. The van der Waals surface area contributed by atoms with Crippen molar-refractivity contribution in [2.75, 3.05) is 14.1 Å². The van der Waals surface area contributed by atoms with E-state index in [4.69, 9.17) is 0 Å². The Morgan fingerprint density at radius 2 is 1.94 bits per heavy atom. The lowest BCUT2D eigenvalue weighted by molar-refractivity contribution is 0.567. The topological polar surface area (TPSA) is 20.3 Å². The van der Waals surface area contributed by atoms with Crippen molar-refractivity contribution in [2.24, 2.45) is 0 Å². The van der Waals surface area contributed by atoms with Gasteiger partial charge in [0.1, 0.15) is 5.94 Å². The molecule has 0 aromatic rings. The first-order valence-electron chi connectivity index (χ1n) is 5.13. The molecule has 0 saturated heterocycles. The number of carbonyl (C=O) groups excluding carboxylic acids is 1. The van der Waals surface area contributed by atoms with Crippen LogP contribution in [0.15, 0.2) is 36.4 Å². The fourth-order valence-electron chi connectivity index (χ4n) is 1.79. The van der Waals surface area contributed by atoms with E-state index in [-0.39, 0.29) is 0 Å². The Morgan fingerprint density at radius 1 is 1.19 bits per heavy atom. The fraction of sp³-hybridized carbons (Fsp3) is 0.143. The predicted molar refractivity (Wildman–Crippen MR) is 65.3 cm³/mol. The van der Waals surface area contributed by atoms with Gasteiger partial charge in [0.2, 0.25) is 0 Å². The summed E-state index contributed by atoms with van der Waals surface area (Å²) in [4.78, 5) is 12.8. The molecule has 2 aliphatic carbocycles. The molecule has 0 aromatic heterocycles. The summed E-state index contributed by atoms with van der Waals surface area (Å²) in [5.41, 5.74) is 2.15. The van der Waals surface area contributed by atoms with Gasteiger partial charge in [0.15, 0.2) is 0 Å². The molecule has 0 radical (unpaired) electrons. The minimum absolute atomic E-state index is 0.620. The van der Waals surface area contributed by atoms with Gasteiger partial charge in [-0.2, -0.15) is 0 Å². The van der Waals surface area contributed by atoms with Crippen LogP contribution in [0.2, 0.25) is 0 Å². The largest absolute Gasteiger partial charge is 0.383 e. The number of nitrogens with zero attached hydrogens (tertiary/aromatic N) is 1. The Labute approximate surface area is 94.5 Å². The van der Waals surface area contributed by atoms with Gasteiger partial charge < -0.3 is 4.90 Å². The monoisotopic (exact) mass is 211 g/mol. The molecule has 0 bridgehead atoms. The van der Waals surface area contributed by atoms with Crippen molar-refractivity contribution in [3.8, 4) is 11.1 Å². The second-order valence-corrected chi connectivity index (χ2v) is 3.95. The second-order valence-electron chi connectivity index (χ2n) is 3.95. The summed E-state index contributed by atoms with van der Waals surface area (Å²) < 4.78 is 0. The lowest BCUT2D eigenvalue weighted by atomic mass is 10.2. The molecule has 2 heteroatoms. The number of rotatable bonds is 1. The average Bonchev–Trinajstić information content (AvgIpc) is 2.45. The van der Waals surface area contributed by atoms with Crippen molar-refractivity contribution in [3.63, 3.8) is 0 Å². The van der Waals surface area contributed by atoms with E-state index in [2.05, 4.69) is 0 Å². The third-order valence-electron chi connectivity index (χ3n) is 2.45. The Morgan fingerprint density at radius 3 is 2.62 bits per heavy atom. The predicted octanol–water partition coefficient (Wildman–Crippen LogP) is 0.594. The Hall–Kier alpha value is -2.05. The molecule has 0 unspecified atom stereocenters. The maximum absolute atomic E-state index is 10.9. The van der Waals surface area contributed by atoms with Crippen LogP contribution >= 0.6 is 0 Å². The Balaban J connectivity index is 2.91. The van der Waals surface area contributed by atoms with E-state index in [1.54, 1.807) is 0 Å². The number of hydrogen-bond donors (Lipinski definition) is 0. The Bertz CT molecular complexity index is 609. The minimum Gasteiger partial charge on any atom is -0.383 e. The van der Waals surface area contributed by atoms with E-state index in [1.807, 2.05) is 67.5 Å². The van der Waals surface area contributed by atoms with Gasteiger partial charge in [-0.25, -0.2) is 4.79 Å². The second kappa shape index (κ2) is 4.21. The van der Waals surface area contributed by atoms with E-state index < -0.39 is 0 Å². The van der Waals surface area contributed by atoms with Gasteiger partial charge in [-0.05, 0) is 17.2 Å². The molecule has 2 aliphatic rings. The lowest BCUT2D eigenvalue weighted by Crippen LogP contribution is -2.25. The smallest absolute Gasteiger partial charge is 0.133 e. The molecular weight excluding hydrogens is 198 g/mol. The van der Waals surface area contributed by atoms with Gasteiger partial charge >= 0.3 is 0 Å². The van der Waals surface area contributed by atoms with Crippen molar-refractivity contribution in [1.82, 2.24) is 4.90 Å². The van der Waals surface area contributed by atoms with Crippen LogP contribution in [0.1, 0.15) is 0 Å². The van der Waals surface area contributed by atoms with E-state index >= 15 is 0 Å². The highest BCUT2D eigenvalue weighted by atomic mass is 16.1. The van der Waals surface area contributed by atoms with Crippen molar-refractivity contribution >= 4 is 12.1 Å². The van der Waals surface area contributed by atoms with Crippen molar-refractivity contribution in [1.29, 1.82) is 0 Å². The lowest BCUT2D eigenvalue weighted by Gasteiger charge is -2.02. The standard InChI is InChI=1S/C14H13NO/c1-15(2)9-14-12(10-16)8-11-6-4-3-5-7-13(11)14/h3-9H,1-2H3. The summed E-state index contributed by atoms with van der Waals surface area (Å²) in [6, 6.07) is 11.8. The molecule has 0 atom stereocenters. The SMILES string of the molecule is CN(C)C=c1c2cccccc-2cc1=C=O. The molecule has 0 aromatic carbocycles. The van der Waals surface area contributed by atoms with Crippen LogP contribution < -0.4 is 10.4 Å². The zero-order chi connectivity index (χ0) is 11.5. The summed E-state index contributed by atoms with van der Waals surface area (Å²) in [6.07, 6.45) is 1.95. The Kier molecular flexibility index (Phi) is 2.76. The highest BCUT2D eigenvalue weighted by molar-refractivity contribution is 5.71. The minimum atomic E-state index is 0.620. The van der Waals surface area contributed by atoms with Crippen LogP contribution in [0.25, 0.3) is 17.3 Å². The summed E-state index contributed by atoms with van der Waals surface area (Å²) in [7, 11) is 3.88. The first-order chi connectivity index (χ1) is 7.72. The van der Waals surface area contributed by atoms with E-state index in [9.17, 15) is 4.79 Å². The van der Waals surface area contributed by atoms with Gasteiger partial charge in [-0.1, -0.05) is 30.3 Å². The van der Waals surface area contributed by atoms with Gasteiger partial charge in [0, 0.05) is 25.5 Å². The molecule has 0 fully saturated rings. The molecule has 2 nitrogen and oxygen atoms in total. The third-order valence-corrected chi connectivity index (χ3v) is 2.45. The van der Waals surface area contributed by atoms with Crippen molar-refractivity contribution < 1.29 is 4.79 Å². The summed E-state index contributed by atoms with van der Waals surface area (Å²) >= 11 is 0. The van der Waals surface area contributed by atoms with Crippen LogP contribution in [-0.4, -0.2) is 24.9 Å². The van der Waals surface area contributed by atoms with Crippen LogP contribution in [0.4, 0.5) is 0 Å². The van der Waals surface area contributed by atoms with Crippen LogP contribution in [0.5, 0.6) is 0 Å². The van der Waals surface area contributed by atoms with E-state index in [0.29, 0.717) is 5.22 Å². The highest BCUT2D eigenvalue weighted by Gasteiger charge is 2.05. The molecule has 0 amide bonds. The molecule has 0 heterocycles. The van der Waals surface area contributed by atoms with Gasteiger partial charge in [0.05, 0.1) is 5.22 Å². The molecule has 16 heavy (non-hydrogen) atoms. The highest BCUT2D eigenvalue weighted by Crippen LogP contribution is 2.13. The first-order valence-corrected chi connectivity index (χ1v) is 5.13. The third kappa shape index (κ3) is 1.83. The van der Waals surface area contributed by atoms with Crippen LogP contribution in [0.3, 0.4) is 0 Å². The van der Waals surface area contributed by atoms with Gasteiger partial charge in [-0.3, -0.25) is 0 Å². The molecule has 80 valence electrons. The van der Waals surface area contributed by atoms with Gasteiger partial charge in [-0.15, -0.1) is 0 Å². The first kappa shape index (κ1) is 10.5. The normalized spacial score (nSPS) is 11.5. The fourth-order valence-corrected chi connectivity index (χ4v) is 1.79. The van der Waals surface area contributed by atoms with Crippen molar-refractivity contribution in [3.05, 3.63) is 46.8 Å². The molecule has 0 spiro atoms. The summed E-state index contributed by atoms with van der Waals surface area (Å²) in [5.74, 6) is 1.99. The number of hydrogen-bond acceptors (Lipinski definition) is 2. The quantitative estimate of drug-likeness (QED) is 0.688. The van der Waals surface area contributed by atoms with Crippen LogP contribution in [-0.2, 0) is 4.79 Å². The summed E-state index contributed by atoms with van der Waals surface area (Å²) in [5, 5.41) is 1.56. The zero-order valence-corrected chi connectivity index (χ0v) is 9.40. The van der Waals surface area contributed by atoms with E-state index in [0.717, 1.165) is 16.3 Å². The molecule has 0 N–H and O–H groups in total. The molecule has 2 rings (SSSR count). The van der Waals surface area contributed by atoms with E-state index in [1.165, 1.54) is 0 Å². The molecule has 0 saturated carbocycles. The summed E-state index contributed by atoms with van der Waals surface area (Å²) in [6.45, 7) is 0. The van der Waals surface area contributed by atoms with Gasteiger partial charge in [0.25, 0.3) is 0 Å².